The van der Waals surface area contributed by atoms with Crippen molar-refractivity contribution in [3.05, 3.63) is 30.2 Å². The van der Waals surface area contributed by atoms with E-state index in [1.807, 2.05) is 28.8 Å². The third kappa shape index (κ3) is 2.84. The van der Waals surface area contributed by atoms with Crippen molar-refractivity contribution in [3.8, 4) is 0 Å². The van der Waals surface area contributed by atoms with Gasteiger partial charge in [0.1, 0.15) is 0 Å². The zero-order valence-electron chi connectivity index (χ0n) is 13.5. The van der Waals surface area contributed by atoms with E-state index in [2.05, 4.69) is 15.1 Å². The summed E-state index contributed by atoms with van der Waals surface area (Å²) < 4.78 is 2.02. The highest BCUT2D eigenvalue weighted by Gasteiger charge is 2.34. The highest BCUT2D eigenvalue weighted by atomic mass is 16.2. The topological polar surface area (TPSA) is 50.5 Å². The Labute approximate surface area is 136 Å². The van der Waals surface area contributed by atoms with E-state index in [4.69, 9.17) is 0 Å². The van der Waals surface area contributed by atoms with Gasteiger partial charge in [-0.05, 0) is 43.7 Å². The van der Waals surface area contributed by atoms with Crippen LogP contribution in [0.1, 0.15) is 63.2 Å². The molecule has 2 fully saturated rings. The molecule has 2 aromatic heterocycles. The summed E-state index contributed by atoms with van der Waals surface area (Å²) in [6.07, 6.45) is 11.1. The van der Waals surface area contributed by atoms with E-state index in [1.54, 1.807) is 0 Å². The van der Waals surface area contributed by atoms with Gasteiger partial charge in [-0.25, -0.2) is 0 Å². The molecule has 0 spiro atoms. The summed E-state index contributed by atoms with van der Waals surface area (Å²) in [5.41, 5.74) is 0.856. The summed E-state index contributed by atoms with van der Waals surface area (Å²) in [7, 11) is 0. The van der Waals surface area contributed by atoms with Crippen molar-refractivity contribution in [1.29, 1.82) is 0 Å². The van der Waals surface area contributed by atoms with Crippen molar-refractivity contribution in [2.24, 2.45) is 5.92 Å². The van der Waals surface area contributed by atoms with E-state index in [1.165, 1.54) is 32.1 Å². The van der Waals surface area contributed by atoms with Crippen LogP contribution >= 0.6 is 0 Å². The molecule has 2 aromatic rings. The molecule has 0 radical (unpaired) electrons. The molecule has 2 aliphatic rings. The molecule has 5 heteroatoms. The maximum atomic E-state index is 12.8. The summed E-state index contributed by atoms with van der Waals surface area (Å²) in [5, 5.41) is 8.62. The third-order valence-electron chi connectivity index (χ3n) is 5.40. The van der Waals surface area contributed by atoms with E-state index in [-0.39, 0.29) is 6.04 Å². The minimum atomic E-state index is 0.0866. The Bertz CT molecular complexity index is 689. The molecule has 1 saturated heterocycles. The number of likely N-dealkylation sites (tertiary alicyclic amines) is 1. The first-order valence-corrected chi connectivity index (χ1v) is 8.92. The molecule has 0 unspecified atom stereocenters. The van der Waals surface area contributed by atoms with E-state index < -0.39 is 0 Å². The highest BCUT2D eigenvalue weighted by molar-refractivity contribution is 5.77. The van der Waals surface area contributed by atoms with Gasteiger partial charge in [0.2, 0.25) is 5.91 Å². The standard InChI is InChI=1S/C18H24N4O/c23-17(13-14-7-2-1-3-8-14)21-12-6-9-15(21)18-20-19-16-10-4-5-11-22(16)18/h4-5,10-11,14-15H,1-3,6-9,12-13H2/t15-/m0/s1. The minimum absolute atomic E-state index is 0.0866. The molecule has 122 valence electrons. The third-order valence-corrected chi connectivity index (χ3v) is 5.40. The number of amides is 1. The number of carbonyl (C=O) groups excluding carboxylic acids is 1. The van der Waals surface area contributed by atoms with Gasteiger partial charge < -0.3 is 4.90 Å². The number of carbonyl (C=O) groups is 1. The van der Waals surface area contributed by atoms with Crippen LogP contribution in [0.4, 0.5) is 0 Å². The molecule has 0 aromatic carbocycles. The van der Waals surface area contributed by atoms with Crippen LogP contribution in [0.5, 0.6) is 0 Å². The molecular formula is C18H24N4O. The fourth-order valence-corrected chi connectivity index (χ4v) is 4.18. The number of fused-ring (bicyclic) bond motifs is 1. The predicted octanol–water partition coefficient (Wildman–Crippen LogP) is 3.36. The van der Waals surface area contributed by atoms with Gasteiger partial charge >= 0.3 is 0 Å². The lowest BCUT2D eigenvalue weighted by molar-refractivity contribution is -0.133. The van der Waals surface area contributed by atoms with Gasteiger partial charge in [0.15, 0.2) is 11.5 Å². The highest BCUT2D eigenvalue weighted by Crippen LogP contribution is 2.34. The molecule has 4 rings (SSSR count). The van der Waals surface area contributed by atoms with Gasteiger partial charge in [-0.2, -0.15) is 0 Å². The van der Waals surface area contributed by atoms with E-state index >= 15 is 0 Å². The average Bonchev–Trinajstić information content (AvgIpc) is 3.22. The second-order valence-corrected chi connectivity index (χ2v) is 6.94. The number of aromatic nitrogens is 3. The Morgan fingerprint density at radius 3 is 2.83 bits per heavy atom. The lowest BCUT2D eigenvalue weighted by Gasteiger charge is -2.27. The quantitative estimate of drug-likeness (QED) is 0.873. The number of rotatable bonds is 3. The summed E-state index contributed by atoms with van der Waals surface area (Å²) in [5.74, 6) is 1.81. The molecular weight excluding hydrogens is 288 g/mol. The van der Waals surface area contributed by atoms with E-state index in [9.17, 15) is 4.79 Å². The van der Waals surface area contributed by atoms with Crippen molar-refractivity contribution in [2.45, 2.75) is 57.4 Å². The van der Waals surface area contributed by atoms with Crippen LogP contribution in [0.25, 0.3) is 5.65 Å². The lowest BCUT2D eigenvalue weighted by atomic mass is 9.86. The molecule has 1 amide bonds. The van der Waals surface area contributed by atoms with Crippen molar-refractivity contribution >= 4 is 11.6 Å². The fourth-order valence-electron chi connectivity index (χ4n) is 4.18. The number of nitrogens with zero attached hydrogens (tertiary/aromatic N) is 4. The van der Waals surface area contributed by atoms with Gasteiger partial charge in [-0.1, -0.05) is 25.3 Å². The second-order valence-electron chi connectivity index (χ2n) is 6.94. The minimum Gasteiger partial charge on any atom is -0.332 e. The summed E-state index contributed by atoms with van der Waals surface area (Å²) in [4.78, 5) is 14.9. The van der Waals surface area contributed by atoms with Crippen LogP contribution in [0.3, 0.4) is 0 Å². The van der Waals surface area contributed by atoms with Crippen LogP contribution in [-0.4, -0.2) is 31.9 Å². The van der Waals surface area contributed by atoms with Crippen molar-refractivity contribution in [1.82, 2.24) is 19.5 Å². The molecule has 3 heterocycles. The number of hydrogen-bond donors (Lipinski definition) is 0. The van der Waals surface area contributed by atoms with Gasteiger partial charge in [0.25, 0.3) is 0 Å². The van der Waals surface area contributed by atoms with Gasteiger partial charge in [0, 0.05) is 19.2 Å². The first-order valence-electron chi connectivity index (χ1n) is 8.92. The summed E-state index contributed by atoms with van der Waals surface area (Å²) >= 11 is 0. The smallest absolute Gasteiger partial charge is 0.223 e. The van der Waals surface area contributed by atoms with Crippen LogP contribution in [0.15, 0.2) is 24.4 Å². The Balaban J connectivity index is 1.53. The Kier molecular flexibility index (Phi) is 4.02. The Morgan fingerprint density at radius 2 is 1.96 bits per heavy atom. The fraction of sp³-hybridized carbons (Fsp3) is 0.611. The second kappa shape index (κ2) is 6.30. The predicted molar refractivity (Wildman–Crippen MR) is 87.9 cm³/mol. The van der Waals surface area contributed by atoms with Gasteiger partial charge in [-0.3, -0.25) is 9.20 Å². The normalized spacial score (nSPS) is 22.8. The van der Waals surface area contributed by atoms with Crippen molar-refractivity contribution in [3.63, 3.8) is 0 Å². The monoisotopic (exact) mass is 312 g/mol. The average molecular weight is 312 g/mol. The summed E-state index contributed by atoms with van der Waals surface area (Å²) in [6.45, 7) is 0.859. The first kappa shape index (κ1) is 14.7. The van der Waals surface area contributed by atoms with Crippen molar-refractivity contribution in [2.75, 3.05) is 6.54 Å². The first-order chi connectivity index (χ1) is 11.3. The molecule has 0 N–H and O–H groups in total. The van der Waals surface area contributed by atoms with E-state index in [0.717, 1.165) is 30.9 Å². The van der Waals surface area contributed by atoms with Crippen LogP contribution in [0, 0.1) is 5.92 Å². The van der Waals surface area contributed by atoms with Crippen LogP contribution < -0.4 is 0 Å². The zero-order chi connectivity index (χ0) is 15.6. The maximum Gasteiger partial charge on any atom is 0.223 e. The SMILES string of the molecule is O=C(CC1CCCCC1)N1CCC[C@H]1c1nnc2ccccn12. The van der Waals surface area contributed by atoms with Crippen molar-refractivity contribution < 1.29 is 4.79 Å². The molecule has 1 aliphatic carbocycles. The molecule has 23 heavy (non-hydrogen) atoms. The van der Waals surface area contributed by atoms with Crippen LogP contribution in [-0.2, 0) is 4.79 Å². The van der Waals surface area contributed by atoms with Crippen LogP contribution in [0.2, 0.25) is 0 Å². The molecule has 1 atom stereocenters. The molecule has 1 saturated carbocycles. The Morgan fingerprint density at radius 1 is 1.09 bits per heavy atom. The van der Waals surface area contributed by atoms with Gasteiger partial charge in [-0.15, -0.1) is 10.2 Å². The Hall–Kier alpha value is -1.91. The molecule has 0 bridgehead atoms. The van der Waals surface area contributed by atoms with E-state index in [0.29, 0.717) is 18.2 Å². The molecule has 5 nitrogen and oxygen atoms in total. The summed E-state index contributed by atoms with van der Waals surface area (Å²) in [6, 6.07) is 6.00. The number of pyridine rings is 1. The van der Waals surface area contributed by atoms with Gasteiger partial charge in [0.05, 0.1) is 6.04 Å². The molecule has 1 aliphatic heterocycles. The zero-order valence-corrected chi connectivity index (χ0v) is 13.5. The lowest BCUT2D eigenvalue weighted by Crippen LogP contribution is -2.33. The maximum absolute atomic E-state index is 12.8. The largest absolute Gasteiger partial charge is 0.332 e. The number of hydrogen-bond acceptors (Lipinski definition) is 3.